The largest absolute Gasteiger partial charge is 0.497 e. The van der Waals surface area contributed by atoms with Crippen LogP contribution >= 0.6 is 0 Å². The lowest BCUT2D eigenvalue weighted by Crippen LogP contribution is -2.53. The predicted molar refractivity (Wildman–Crippen MR) is 145 cm³/mol. The monoisotopic (exact) mass is 547 g/mol. The van der Waals surface area contributed by atoms with Crippen LogP contribution in [0, 0.1) is 0 Å². The smallest absolute Gasteiger partial charge is 0.244 e. The summed E-state index contributed by atoms with van der Waals surface area (Å²) in [7, 11) is -2.28. The van der Waals surface area contributed by atoms with Crippen molar-refractivity contribution in [3.63, 3.8) is 0 Å². The molecule has 0 spiro atoms. The van der Waals surface area contributed by atoms with Crippen LogP contribution in [0.5, 0.6) is 17.2 Å². The molecule has 0 aliphatic carbocycles. The number of anilines is 1. The van der Waals surface area contributed by atoms with Crippen LogP contribution in [0.4, 0.5) is 5.69 Å². The second-order valence-electron chi connectivity index (χ2n) is 9.06. The lowest BCUT2D eigenvalue weighted by Gasteiger charge is -2.33. The fraction of sp³-hybridized carbons (Fsp3) is 0.481. The molecule has 0 radical (unpaired) electrons. The van der Waals surface area contributed by atoms with Crippen LogP contribution in [0.25, 0.3) is 0 Å². The standard InChI is InChI=1S/C27H37N3O7S/c1-6-19(4)28-27(32)23(7-2)29(16-20-9-12-22(35-5)13-10-20)26(31)17-30(38(33,34)8-3)21-11-14-24-25(15-21)37-18-36-24/h9-15,19,23H,6-8,16-18H2,1-5H3,(H,28,32). The lowest BCUT2D eigenvalue weighted by molar-refractivity contribution is -0.140. The second kappa shape index (κ2) is 12.9. The Labute approximate surface area is 224 Å². The first-order valence-electron chi connectivity index (χ1n) is 12.8. The Hall–Kier alpha value is -3.47. The number of carbonyl (C=O) groups is 2. The SMILES string of the molecule is CCC(C)NC(=O)C(CC)N(Cc1ccc(OC)cc1)C(=O)CN(c1ccc2c(c1)OCO2)S(=O)(=O)CC. The van der Waals surface area contributed by atoms with Gasteiger partial charge in [-0.3, -0.25) is 13.9 Å². The van der Waals surface area contributed by atoms with Crippen LogP contribution in [0.2, 0.25) is 0 Å². The lowest BCUT2D eigenvalue weighted by atomic mass is 10.1. The van der Waals surface area contributed by atoms with Gasteiger partial charge in [-0.1, -0.05) is 26.0 Å². The van der Waals surface area contributed by atoms with Gasteiger partial charge in [0.15, 0.2) is 11.5 Å². The number of benzene rings is 2. The minimum absolute atomic E-state index is 0.0390. The first-order chi connectivity index (χ1) is 18.1. The topological polar surface area (TPSA) is 114 Å². The van der Waals surface area contributed by atoms with Crippen molar-refractivity contribution < 1.29 is 32.2 Å². The number of hydrogen-bond donors (Lipinski definition) is 1. The number of methoxy groups -OCH3 is 1. The molecule has 3 rings (SSSR count). The van der Waals surface area contributed by atoms with Crippen molar-refractivity contribution in [3.8, 4) is 17.2 Å². The number of ether oxygens (including phenoxy) is 3. The molecule has 208 valence electrons. The van der Waals surface area contributed by atoms with Crippen molar-refractivity contribution in [1.82, 2.24) is 10.2 Å². The normalized spacial score (nSPS) is 13.9. The van der Waals surface area contributed by atoms with Crippen molar-refractivity contribution in [2.24, 2.45) is 0 Å². The molecule has 2 unspecified atom stereocenters. The van der Waals surface area contributed by atoms with Crippen LogP contribution in [0.1, 0.15) is 46.1 Å². The van der Waals surface area contributed by atoms with Crippen molar-refractivity contribution in [3.05, 3.63) is 48.0 Å². The highest BCUT2D eigenvalue weighted by atomic mass is 32.2. The summed E-state index contributed by atoms with van der Waals surface area (Å²) < 4.78 is 43.3. The van der Waals surface area contributed by atoms with Gasteiger partial charge in [0.2, 0.25) is 28.6 Å². The molecule has 38 heavy (non-hydrogen) atoms. The highest BCUT2D eigenvalue weighted by Crippen LogP contribution is 2.36. The number of nitrogens with one attached hydrogen (secondary N) is 1. The molecule has 0 fully saturated rings. The fourth-order valence-corrected chi connectivity index (χ4v) is 5.10. The zero-order chi connectivity index (χ0) is 27.9. The molecule has 1 aliphatic heterocycles. The van der Waals surface area contributed by atoms with E-state index >= 15 is 0 Å². The number of hydrogen-bond acceptors (Lipinski definition) is 7. The van der Waals surface area contributed by atoms with Crippen molar-refractivity contribution in [2.75, 3.05) is 30.5 Å². The van der Waals surface area contributed by atoms with Crippen LogP contribution in [0.15, 0.2) is 42.5 Å². The summed E-state index contributed by atoms with van der Waals surface area (Å²) in [5.74, 6) is 0.580. The number of fused-ring (bicyclic) bond motifs is 1. The van der Waals surface area contributed by atoms with Crippen LogP contribution in [0.3, 0.4) is 0 Å². The third kappa shape index (κ3) is 6.89. The molecule has 0 bridgehead atoms. The van der Waals surface area contributed by atoms with Gasteiger partial charge in [0, 0.05) is 18.7 Å². The third-order valence-electron chi connectivity index (χ3n) is 6.52. The molecule has 1 N–H and O–H groups in total. The first kappa shape index (κ1) is 29.1. The highest BCUT2D eigenvalue weighted by molar-refractivity contribution is 7.92. The molecule has 2 atom stereocenters. The molecular weight excluding hydrogens is 510 g/mol. The molecule has 2 aromatic carbocycles. The van der Waals surface area contributed by atoms with Crippen molar-refractivity contribution in [2.45, 2.75) is 59.2 Å². The zero-order valence-corrected chi connectivity index (χ0v) is 23.4. The molecule has 11 heteroatoms. The first-order valence-corrected chi connectivity index (χ1v) is 14.4. The van der Waals surface area contributed by atoms with Crippen LogP contribution in [-0.4, -0.2) is 63.4 Å². The molecule has 1 heterocycles. The summed E-state index contributed by atoms with van der Waals surface area (Å²) in [5.41, 5.74) is 1.06. The summed E-state index contributed by atoms with van der Waals surface area (Å²) in [6.45, 7) is 6.89. The van der Waals surface area contributed by atoms with E-state index in [-0.39, 0.29) is 36.7 Å². The van der Waals surface area contributed by atoms with E-state index in [1.807, 2.05) is 32.9 Å². The Morgan fingerprint density at radius 3 is 2.32 bits per heavy atom. The van der Waals surface area contributed by atoms with E-state index in [0.29, 0.717) is 23.7 Å². The van der Waals surface area contributed by atoms with Gasteiger partial charge in [0.05, 0.1) is 18.6 Å². The Morgan fingerprint density at radius 1 is 1.03 bits per heavy atom. The number of carbonyl (C=O) groups excluding carboxylic acids is 2. The van der Waals surface area contributed by atoms with Gasteiger partial charge in [-0.2, -0.15) is 0 Å². The van der Waals surface area contributed by atoms with Gasteiger partial charge in [-0.25, -0.2) is 8.42 Å². The van der Waals surface area contributed by atoms with Gasteiger partial charge < -0.3 is 24.4 Å². The summed E-state index contributed by atoms with van der Waals surface area (Å²) in [5, 5.41) is 2.96. The predicted octanol–water partition coefficient (Wildman–Crippen LogP) is 3.30. The van der Waals surface area contributed by atoms with Crippen LogP contribution in [-0.2, 0) is 26.2 Å². The molecule has 0 aromatic heterocycles. The maximum Gasteiger partial charge on any atom is 0.244 e. The van der Waals surface area contributed by atoms with E-state index in [1.165, 1.54) is 11.8 Å². The minimum atomic E-state index is -3.84. The van der Waals surface area contributed by atoms with Crippen molar-refractivity contribution >= 4 is 27.5 Å². The number of sulfonamides is 1. The third-order valence-corrected chi connectivity index (χ3v) is 8.26. The Bertz CT molecular complexity index is 1220. The molecule has 0 saturated carbocycles. The van der Waals surface area contributed by atoms with Gasteiger partial charge in [-0.05, 0) is 56.5 Å². The van der Waals surface area contributed by atoms with E-state index in [4.69, 9.17) is 14.2 Å². The summed E-state index contributed by atoms with van der Waals surface area (Å²) in [6, 6.07) is 11.1. The maximum absolute atomic E-state index is 13.9. The van der Waals surface area contributed by atoms with Gasteiger partial charge in [0.25, 0.3) is 0 Å². The second-order valence-corrected chi connectivity index (χ2v) is 11.2. The van der Waals surface area contributed by atoms with E-state index in [2.05, 4.69) is 5.32 Å². The Balaban J connectivity index is 1.97. The average Bonchev–Trinajstić information content (AvgIpc) is 3.39. The van der Waals surface area contributed by atoms with Gasteiger partial charge in [0.1, 0.15) is 18.3 Å². The van der Waals surface area contributed by atoms with Gasteiger partial charge in [-0.15, -0.1) is 0 Å². The summed E-state index contributed by atoms with van der Waals surface area (Å²) in [6.07, 6.45) is 1.09. The highest BCUT2D eigenvalue weighted by Gasteiger charge is 2.33. The molecule has 2 amide bonds. The zero-order valence-electron chi connectivity index (χ0n) is 22.6. The quantitative estimate of drug-likeness (QED) is 0.409. The molecule has 10 nitrogen and oxygen atoms in total. The molecule has 2 aromatic rings. The Morgan fingerprint density at radius 2 is 1.71 bits per heavy atom. The summed E-state index contributed by atoms with van der Waals surface area (Å²) in [4.78, 5) is 28.5. The van der Waals surface area contributed by atoms with Gasteiger partial charge >= 0.3 is 0 Å². The van der Waals surface area contributed by atoms with E-state index in [9.17, 15) is 18.0 Å². The fourth-order valence-electron chi connectivity index (χ4n) is 4.05. The van der Waals surface area contributed by atoms with E-state index in [1.54, 1.807) is 37.4 Å². The number of amides is 2. The molecular formula is C27H37N3O7S. The van der Waals surface area contributed by atoms with Crippen molar-refractivity contribution in [1.29, 1.82) is 0 Å². The molecule has 1 aliphatic rings. The number of rotatable bonds is 13. The molecule has 0 saturated heterocycles. The average molecular weight is 548 g/mol. The van der Waals surface area contributed by atoms with Crippen LogP contribution < -0.4 is 23.8 Å². The Kier molecular flexibility index (Phi) is 9.84. The van der Waals surface area contributed by atoms with E-state index < -0.39 is 28.5 Å². The minimum Gasteiger partial charge on any atom is -0.497 e. The summed E-state index contributed by atoms with van der Waals surface area (Å²) >= 11 is 0. The maximum atomic E-state index is 13.9. The van der Waals surface area contributed by atoms with E-state index in [0.717, 1.165) is 16.3 Å². The number of nitrogens with zero attached hydrogens (tertiary/aromatic N) is 2.